The minimum absolute atomic E-state index is 0.0202. The van der Waals surface area contributed by atoms with Crippen LogP contribution >= 0.6 is 0 Å². The van der Waals surface area contributed by atoms with E-state index in [0.29, 0.717) is 53.0 Å². The Hall–Kier alpha value is -6.11. The van der Waals surface area contributed by atoms with Gasteiger partial charge in [-0.3, -0.25) is 4.79 Å². The lowest BCUT2D eigenvalue weighted by molar-refractivity contribution is -0.234. The minimum Gasteiger partial charge on any atom is -0.482 e. The molecule has 3 aliphatic heterocycles. The fraction of sp³-hybridized carbons (Fsp3) is 0.500. The zero-order valence-corrected chi connectivity index (χ0v) is 47.0. The number of aryl methyl sites for hydroxylation is 2. The van der Waals surface area contributed by atoms with Gasteiger partial charge in [-0.15, -0.1) is 0 Å². The standard InChI is InChI=1S/C70H78O11/c1-41(38-72)54-28-18-42-16-19-43(20-17-42)55-29-24-48(47-12-8-14-53(36-47)69-33-6-5-13-51(69)25-21-44-9-3-4-15-58(44)69)35-50(55)37-60(74)78-65-62-59(31-30-56-57(39-73)61(68(76)79-64(56)62)49(32-34-71)40-77-2)81-70(66(65)80-67(54)75)52-26-22-45-10-7-11-46(23-27-52)63(45)70/h3-4,8-9,12,14-17,19-20,22,24,26,29-31,36,45-46,48-52,55,63,65-66,71-73H,5-7,10-11,13,18,21,23,25,27-28,32-35,37-40H2,1-2H3. The average Bonchev–Trinajstić information content (AvgIpc) is 3.61. The summed E-state index contributed by atoms with van der Waals surface area (Å²) in [5.74, 6) is -1.00. The fourth-order valence-electron chi connectivity index (χ4n) is 17.6. The van der Waals surface area contributed by atoms with Crippen molar-refractivity contribution in [3.63, 3.8) is 0 Å². The number of carbonyl (C=O) groups excluding carboxylic acids is 2. The second-order valence-corrected chi connectivity index (χ2v) is 25.2. The van der Waals surface area contributed by atoms with Gasteiger partial charge in [-0.2, -0.15) is 0 Å². The molecule has 4 bridgehead atoms. The number of carbonyl (C=O) groups is 2. The molecule has 6 aliphatic carbocycles. The van der Waals surface area contributed by atoms with Gasteiger partial charge in [0.2, 0.25) is 0 Å². The van der Waals surface area contributed by atoms with Crippen LogP contribution in [0.2, 0.25) is 0 Å². The quantitative estimate of drug-likeness (QED) is 0.0557. The van der Waals surface area contributed by atoms with Crippen LogP contribution in [0.25, 0.3) is 11.0 Å². The lowest BCUT2D eigenvalue weighted by Crippen LogP contribution is -2.69. The monoisotopic (exact) mass is 1090 g/mol. The predicted octanol–water partition coefficient (Wildman–Crippen LogP) is 12.2. The molecule has 3 N–H and O–H groups in total. The molecule has 0 radical (unpaired) electrons. The summed E-state index contributed by atoms with van der Waals surface area (Å²) < 4.78 is 33.9. The summed E-state index contributed by atoms with van der Waals surface area (Å²) in [4.78, 5) is 45.9. The molecule has 9 aliphatic rings. The predicted molar refractivity (Wildman–Crippen MR) is 309 cm³/mol. The normalized spacial score (nSPS) is 32.3. The smallest absolute Gasteiger partial charge is 0.340 e. The van der Waals surface area contributed by atoms with Gasteiger partial charge in [0.05, 0.1) is 25.4 Å². The summed E-state index contributed by atoms with van der Waals surface area (Å²) in [6.45, 7) is 0.749. The molecule has 11 nitrogen and oxygen atoms in total. The number of methoxy groups -OCH3 is 1. The first-order valence-corrected chi connectivity index (χ1v) is 30.4. The topological polar surface area (TPSA) is 162 Å². The van der Waals surface area contributed by atoms with Gasteiger partial charge < -0.3 is 38.7 Å². The van der Waals surface area contributed by atoms with E-state index in [-0.39, 0.29) is 96.2 Å². The number of esters is 2. The van der Waals surface area contributed by atoms with Crippen molar-refractivity contribution in [2.45, 2.75) is 157 Å². The van der Waals surface area contributed by atoms with Crippen molar-refractivity contribution in [2.24, 2.45) is 35.5 Å². The maximum atomic E-state index is 15.8. The van der Waals surface area contributed by atoms with E-state index in [1.54, 1.807) is 13.0 Å². The van der Waals surface area contributed by atoms with Crippen LogP contribution < -0.4 is 10.4 Å². The Bertz CT molecular complexity index is 3360. The number of aliphatic hydroxyl groups excluding tert-OH is 3. The molecule has 13 atom stereocenters. The third kappa shape index (κ3) is 9.19. The largest absolute Gasteiger partial charge is 0.482 e. The summed E-state index contributed by atoms with van der Waals surface area (Å²) in [7, 11) is 1.52. The summed E-state index contributed by atoms with van der Waals surface area (Å²) in [6, 6.07) is 30.7. The number of rotatable bonds is 9. The van der Waals surface area contributed by atoms with E-state index in [0.717, 1.165) is 56.1 Å². The van der Waals surface area contributed by atoms with E-state index >= 15 is 9.59 Å². The lowest BCUT2D eigenvalue weighted by atomic mass is 9.50. The van der Waals surface area contributed by atoms with Crippen molar-refractivity contribution < 1.29 is 48.3 Å². The highest BCUT2D eigenvalue weighted by molar-refractivity contribution is 5.90. The van der Waals surface area contributed by atoms with Crippen molar-refractivity contribution in [1.82, 2.24) is 0 Å². The summed E-state index contributed by atoms with van der Waals surface area (Å²) >= 11 is 0. The Labute approximate surface area is 475 Å². The van der Waals surface area contributed by atoms with Gasteiger partial charge in [-0.25, -0.2) is 9.59 Å². The Morgan fingerprint density at radius 1 is 0.790 bits per heavy atom. The van der Waals surface area contributed by atoms with Gasteiger partial charge in [0, 0.05) is 71.7 Å². The van der Waals surface area contributed by atoms with Gasteiger partial charge in [-0.05, 0) is 164 Å². The van der Waals surface area contributed by atoms with Crippen LogP contribution in [-0.2, 0) is 48.7 Å². The summed E-state index contributed by atoms with van der Waals surface area (Å²) in [5.41, 5.74) is 7.46. The number of allylic oxidation sites excluding steroid dienone is 3. The molecule has 1 spiro atoms. The molecule has 11 heteroatoms. The highest BCUT2D eigenvalue weighted by atomic mass is 16.6. The number of hydrogen-bond donors (Lipinski definition) is 3. The minimum atomic E-state index is -1.31. The Kier molecular flexibility index (Phi) is 14.9. The second-order valence-electron chi connectivity index (χ2n) is 25.2. The van der Waals surface area contributed by atoms with Crippen LogP contribution in [0.5, 0.6) is 5.75 Å². The molecule has 0 saturated heterocycles. The average molecular weight is 1100 g/mol. The van der Waals surface area contributed by atoms with Crippen molar-refractivity contribution >= 4 is 22.9 Å². The van der Waals surface area contributed by atoms with E-state index in [1.807, 2.05) is 6.07 Å². The number of fused-ring (bicyclic) bond motifs is 14. The van der Waals surface area contributed by atoms with E-state index in [1.165, 1.54) is 55.0 Å². The molecule has 0 amide bonds. The lowest BCUT2D eigenvalue weighted by Gasteiger charge is -2.62. The van der Waals surface area contributed by atoms with Crippen LogP contribution in [0.15, 0.2) is 130 Å². The van der Waals surface area contributed by atoms with Gasteiger partial charge >= 0.3 is 17.6 Å². The third-order valence-electron chi connectivity index (χ3n) is 21.3. The number of benzene rings is 4. The molecule has 424 valence electrons. The number of aliphatic hydroxyl groups is 3. The second kappa shape index (κ2) is 22.2. The zero-order chi connectivity index (χ0) is 55.6. The highest BCUT2D eigenvalue weighted by Gasteiger charge is 2.68. The highest BCUT2D eigenvalue weighted by Crippen LogP contribution is 2.63. The molecule has 5 aromatic rings. The van der Waals surface area contributed by atoms with Crippen LogP contribution in [0.1, 0.15) is 171 Å². The molecule has 3 fully saturated rings. The Morgan fingerprint density at radius 2 is 1.65 bits per heavy atom. The third-order valence-corrected chi connectivity index (χ3v) is 21.3. The van der Waals surface area contributed by atoms with Gasteiger partial charge in [0.1, 0.15) is 11.3 Å². The van der Waals surface area contributed by atoms with Crippen LogP contribution in [0.4, 0.5) is 0 Å². The fourth-order valence-corrected chi connectivity index (χ4v) is 17.6. The van der Waals surface area contributed by atoms with Crippen molar-refractivity contribution in [1.29, 1.82) is 0 Å². The first kappa shape index (κ1) is 54.2. The van der Waals surface area contributed by atoms with Crippen LogP contribution in [0.3, 0.4) is 0 Å². The van der Waals surface area contributed by atoms with E-state index < -0.39 is 47.9 Å². The number of hydrogen-bond acceptors (Lipinski definition) is 11. The molecular weight excluding hydrogens is 1020 g/mol. The van der Waals surface area contributed by atoms with Crippen molar-refractivity contribution in [2.75, 3.05) is 26.9 Å². The molecule has 13 unspecified atom stereocenters. The Morgan fingerprint density at radius 3 is 2.48 bits per heavy atom. The molecule has 1 aromatic heterocycles. The maximum absolute atomic E-state index is 15.8. The Balaban J connectivity index is 0.959. The molecular formula is C70H78O11. The SMILES string of the molecule is COCC(CCO)c1c(CO)c2ccc3c(c2oc1=O)C1OC(=O)CC2CC(c4cccc(C56CCCCC5CCc5ccccc56)c4)C=CC2c2ccc(cc2)CCC(=C(C)CO)C(=O)OC1C1(O3)C2C=CC3CCCC(CC2)C31. The summed E-state index contributed by atoms with van der Waals surface area (Å²) in [5, 5.41) is 32.5. The molecule has 81 heavy (non-hydrogen) atoms. The molecule has 4 aromatic carbocycles. The maximum Gasteiger partial charge on any atom is 0.340 e. The molecule has 3 saturated carbocycles. The molecule has 4 heterocycles. The van der Waals surface area contributed by atoms with Crippen LogP contribution in [-0.4, -0.2) is 65.9 Å². The van der Waals surface area contributed by atoms with E-state index in [9.17, 15) is 20.1 Å². The van der Waals surface area contributed by atoms with E-state index in [2.05, 4.69) is 97.1 Å². The van der Waals surface area contributed by atoms with Gasteiger partial charge in [0.25, 0.3) is 0 Å². The number of ether oxygens (including phenoxy) is 4. The van der Waals surface area contributed by atoms with Gasteiger partial charge in [-0.1, -0.05) is 116 Å². The molecule has 14 rings (SSSR count). The van der Waals surface area contributed by atoms with E-state index in [4.69, 9.17) is 23.4 Å². The van der Waals surface area contributed by atoms with Crippen molar-refractivity contribution in [3.8, 4) is 5.75 Å². The first-order chi connectivity index (χ1) is 39.6. The van der Waals surface area contributed by atoms with Crippen molar-refractivity contribution in [3.05, 3.63) is 181 Å². The summed E-state index contributed by atoms with van der Waals surface area (Å²) in [6.07, 6.45) is 20.3. The van der Waals surface area contributed by atoms with Gasteiger partial charge in [0.15, 0.2) is 17.8 Å². The zero-order valence-electron chi connectivity index (χ0n) is 47.0. The van der Waals surface area contributed by atoms with Crippen LogP contribution in [0, 0.1) is 35.5 Å². The first-order valence-electron chi connectivity index (χ1n) is 30.4.